The lowest BCUT2D eigenvalue weighted by Crippen LogP contribution is -2.37. The van der Waals surface area contributed by atoms with E-state index in [4.69, 9.17) is 5.73 Å². The Hall–Kier alpha value is -1.03. The van der Waals surface area contributed by atoms with Crippen molar-refractivity contribution >= 4 is 27.5 Å². The van der Waals surface area contributed by atoms with Gasteiger partial charge in [0.25, 0.3) is 5.91 Å². The molecular weight excluding hydrogens is 292 g/mol. The molecule has 1 fully saturated rings. The molecule has 1 atom stereocenters. The third kappa shape index (κ3) is 3.05. The van der Waals surface area contributed by atoms with Crippen LogP contribution in [0, 0.1) is 5.92 Å². The van der Waals surface area contributed by atoms with Gasteiger partial charge in [-0.1, -0.05) is 28.8 Å². The molecule has 0 bridgehead atoms. The van der Waals surface area contributed by atoms with Crippen LogP contribution in [0.15, 0.2) is 22.7 Å². The maximum absolute atomic E-state index is 12.2. The number of nitrogens with one attached hydrogen (secondary N) is 1. The molecule has 1 aliphatic rings. The molecule has 0 unspecified atom stereocenters. The van der Waals surface area contributed by atoms with Gasteiger partial charge in [0, 0.05) is 16.2 Å². The first-order valence-corrected chi connectivity index (χ1v) is 7.23. The molecule has 98 valence electrons. The average Bonchev–Trinajstić information content (AvgIpc) is 2.85. The topological polar surface area (TPSA) is 55.1 Å². The van der Waals surface area contributed by atoms with E-state index in [9.17, 15) is 4.79 Å². The first-order chi connectivity index (χ1) is 8.58. The quantitative estimate of drug-likeness (QED) is 0.841. The molecule has 1 aliphatic carbocycles. The number of nitrogen functional groups attached to an aromatic ring is 1. The van der Waals surface area contributed by atoms with E-state index in [2.05, 4.69) is 28.2 Å². The van der Waals surface area contributed by atoms with E-state index in [0.717, 1.165) is 4.47 Å². The van der Waals surface area contributed by atoms with E-state index in [0.29, 0.717) is 17.2 Å². The summed E-state index contributed by atoms with van der Waals surface area (Å²) in [7, 11) is 0. The molecule has 3 nitrogen and oxygen atoms in total. The lowest BCUT2D eigenvalue weighted by Gasteiger charge is -2.20. The molecule has 0 aromatic heterocycles. The summed E-state index contributed by atoms with van der Waals surface area (Å²) in [6.07, 6.45) is 5.00. The van der Waals surface area contributed by atoms with Crippen molar-refractivity contribution in [2.24, 2.45) is 5.92 Å². The summed E-state index contributed by atoms with van der Waals surface area (Å²) in [5, 5.41) is 3.07. The van der Waals surface area contributed by atoms with Crippen molar-refractivity contribution in [3.63, 3.8) is 0 Å². The van der Waals surface area contributed by atoms with Crippen LogP contribution in [-0.2, 0) is 0 Å². The van der Waals surface area contributed by atoms with Gasteiger partial charge in [-0.25, -0.2) is 0 Å². The van der Waals surface area contributed by atoms with Crippen LogP contribution in [-0.4, -0.2) is 11.9 Å². The zero-order valence-corrected chi connectivity index (χ0v) is 12.2. The molecule has 0 heterocycles. The molecule has 1 aromatic carbocycles. The van der Waals surface area contributed by atoms with Crippen LogP contribution in [0.2, 0.25) is 0 Å². The number of anilines is 1. The van der Waals surface area contributed by atoms with Crippen molar-refractivity contribution in [3.8, 4) is 0 Å². The first-order valence-electron chi connectivity index (χ1n) is 6.44. The van der Waals surface area contributed by atoms with E-state index in [-0.39, 0.29) is 11.9 Å². The average molecular weight is 311 g/mol. The molecule has 4 heteroatoms. The molecule has 1 saturated carbocycles. The fraction of sp³-hybridized carbons (Fsp3) is 0.500. The Bertz CT molecular complexity index is 441. The molecule has 0 aliphatic heterocycles. The van der Waals surface area contributed by atoms with E-state index >= 15 is 0 Å². The van der Waals surface area contributed by atoms with Gasteiger partial charge in [-0.15, -0.1) is 0 Å². The number of rotatable bonds is 3. The van der Waals surface area contributed by atoms with E-state index < -0.39 is 0 Å². The SMILES string of the molecule is C[C@@H](NC(=O)c1cc(Br)ccc1N)C1CCCC1. The fourth-order valence-electron chi connectivity index (χ4n) is 2.58. The van der Waals surface area contributed by atoms with Crippen molar-refractivity contribution < 1.29 is 4.79 Å². The van der Waals surface area contributed by atoms with Gasteiger partial charge >= 0.3 is 0 Å². The Morgan fingerprint density at radius 1 is 1.44 bits per heavy atom. The number of hydrogen-bond donors (Lipinski definition) is 2. The van der Waals surface area contributed by atoms with E-state index in [1.807, 2.05) is 6.07 Å². The predicted molar refractivity (Wildman–Crippen MR) is 77.4 cm³/mol. The zero-order chi connectivity index (χ0) is 13.1. The maximum Gasteiger partial charge on any atom is 0.253 e. The standard InChI is InChI=1S/C14H19BrN2O/c1-9(10-4-2-3-5-10)17-14(18)12-8-11(15)6-7-13(12)16/h6-10H,2-5,16H2,1H3,(H,17,18)/t9-/m1/s1. The minimum Gasteiger partial charge on any atom is -0.398 e. The number of amides is 1. The second-order valence-electron chi connectivity index (χ2n) is 5.04. The third-order valence-electron chi connectivity index (χ3n) is 3.73. The Kier molecular flexibility index (Phi) is 4.27. The first kappa shape index (κ1) is 13.4. The fourth-order valence-corrected chi connectivity index (χ4v) is 2.95. The number of carbonyl (C=O) groups is 1. The van der Waals surface area contributed by atoms with Crippen LogP contribution in [0.4, 0.5) is 5.69 Å². The molecular formula is C14H19BrN2O. The van der Waals surface area contributed by atoms with Gasteiger partial charge in [-0.2, -0.15) is 0 Å². The van der Waals surface area contributed by atoms with Gasteiger partial charge in [-0.3, -0.25) is 4.79 Å². The number of nitrogens with two attached hydrogens (primary N) is 1. The lowest BCUT2D eigenvalue weighted by atomic mass is 9.99. The largest absolute Gasteiger partial charge is 0.398 e. The number of benzene rings is 1. The van der Waals surface area contributed by atoms with Crippen molar-refractivity contribution in [3.05, 3.63) is 28.2 Å². The Labute approximate surface area is 116 Å². The van der Waals surface area contributed by atoms with Crippen LogP contribution in [0.5, 0.6) is 0 Å². The normalized spacial score (nSPS) is 17.7. The van der Waals surface area contributed by atoms with E-state index in [1.165, 1.54) is 25.7 Å². The van der Waals surface area contributed by atoms with Gasteiger partial charge in [-0.05, 0) is 43.9 Å². The molecule has 0 radical (unpaired) electrons. The molecule has 0 saturated heterocycles. The number of carbonyl (C=O) groups excluding carboxylic acids is 1. The highest BCUT2D eigenvalue weighted by atomic mass is 79.9. The summed E-state index contributed by atoms with van der Waals surface area (Å²) in [5.74, 6) is 0.538. The Morgan fingerprint density at radius 2 is 2.11 bits per heavy atom. The van der Waals surface area contributed by atoms with Gasteiger partial charge in [0.05, 0.1) is 5.56 Å². The van der Waals surface area contributed by atoms with Crippen LogP contribution in [0.3, 0.4) is 0 Å². The summed E-state index contributed by atoms with van der Waals surface area (Å²) in [6.45, 7) is 2.09. The summed E-state index contributed by atoms with van der Waals surface area (Å²) in [5.41, 5.74) is 6.91. The lowest BCUT2D eigenvalue weighted by molar-refractivity contribution is 0.0928. The van der Waals surface area contributed by atoms with E-state index in [1.54, 1.807) is 12.1 Å². The van der Waals surface area contributed by atoms with Crippen molar-refractivity contribution in [2.75, 3.05) is 5.73 Å². The summed E-state index contributed by atoms with van der Waals surface area (Å²) >= 11 is 3.36. The minimum absolute atomic E-state index is 0.0757. The molecule has 3 N–H and O–H groups in total. The second kappa shape index (κ2) is 5.74. The van der Waals surface area contributed by atoms with Crippen LogP contribution < -0.4 is 11.1 Å². The van der Waals surface area contributed by atoms with Crippen LogP contribution in [0.25, 0.3) is 0 Å². The van der Waals surface area contributed by atoms with Crippen LogP contribution in [0.1, 0.15) is 43.0 Å². The monoisotopic (exact) mass is 310 g/mol. The maximum atomic E-state index is 12.2. The number of halogens is 1. The second-order valence-corrected chi connectivity index (χ2v) is 5.95. The smallest absolute Gasteiger partial charge is 0.253 e. The summed E-state index contributed by atoms with van der Waals surface area (Å²) in [4.78, 5) is 12.2. The van der Waals surface area contributed by atoms with Crippen LogP contribution >= 0.6 is 15.9 Å². The van der Waals surface area contributed by atoms with Crippen molar-refractivity contribution in [1.82, 2.24) is 5.32 Å². The molecule has 2 rings (SSSR count). The Morgan fingerprint density at radius 3 is 2.78 bits per heavy atom. The number of hydrogen-bond acceptors (Lipinski definition) is 2. The summed E-state index contributed by atoms with van der Waals surface area (Å²) < 4.78 is 0.871. The van der Waals surface area contributed by atoms with Gasteiger partial charge in [0.1, 0.15) is 0 Å². The predicted octanol–water partition coefficient (Wildman–Crippen LogP) is 3.34. The van der Waals surface area contributed by atoms with Gasteiger partial charge in [0.2, 0.25) is 0 Å². The highest BCUT2D eigenvalue weighted by Gasteiger charge is 2.23. The highest BCUT2D eigenvalue weighted by molar-refractivity contribution is 9.10. The molecule has 1 aromatic rings. The molecule has 0 spiro atoms. The molecule has 1 amide bonds. The third-order valence-corrected chi connectivity index (χ3v) is 4.22. The zero-order valence-electron chi connectivity index (χ0n) is 10.6. The van der Waals surface area contributed by atoms with Gasteiger partial charge < -0.3 is 11.1 Å². The highest BCUT2D eigenvalue weighted by Crippen LogP contribution is 2.28. The Balaban J connectivity index is 2.04. The minimum atomic E-state index is -0.0757. The van der Waals surface area contributed by atoms with Crippen molar-refractivity contribution in [1.29, 1.82) is 0 Å². The molecule has 18 heavy (non-hydrogen) atoms. The van der Waals surface area contributed by atoms with Gasteiger partial charge in [0.15, 0.2) is 0 Å². The van der Waals surface area contributed by atoms with Crippen molar-refractivity contribution in [2.45, 2.75) is 38.6 Å². The summed E-state index contributed by atoms with van der Waals surface area (Å²) in [6, 6.07) is 5.58.